The Morgan fingerprint density at radius 3 is 2.52 bits per heavy atom. The number of nitrogens with one attached hydrogen (secondary N) is 1. The van der Waals surface area contributed by atoms with E-state index in [0.29, 0.717) is 12.8 Å². The number of rotatable bonds is 2. The van der Waals surface area contributed by atoms with E-state index in [1.54, 1.807) is 6.92 Å². The van der Waals surface area contributed by atoms with Crippen molar-refractivity contribution in [1.29, 1.82) is 0 Å². The van der Waals surface area contributed by atoms with Crippen LogP contribution >= 0.6 is 0 Å². The van der Waals surface area contributed by atoms with Gasteiger partial charge in [-0.05, 0) is 44.2 Å². The number of ketones is 1. The molecular weight excluding hydrogens is 414 g/mol. The summed E-state index contributed by atoms with van der Waals surface area (Å²) >= 11 is 0. The molecule has 5 heteroatoms. The van der Waals surface area contributed by atoms with Crippen LogP contribution in [0.3, 0.4) is 0 Å². The maximum atomic E-state index is 13.8. The highest BCUT2D eigenvalue weighted by Crippen LogP contribution is 2.56. The second-order valence-corrected chi connectivity index (χ2v) is 10.3. The highest BCUT2D eigenvalue weighted by molar-refractivity contribution is 5.91. The van der Waals surface area contributed by atoms with Crippen molar-refractivity contribution in [2.45, 2.75) is 58.3 Å². The topological polar surface area (TPSA) is 86.6 Å². The van der Waals surface area contributed by atoms with Crippen molar-refractivity contribution < 1.29 is 19.8 Å². The lowest BCUT2D eigenvalue weighted by Gasteiger charge is -2.47. The third-order valence-corrected chi connectivity index (χ3v) is 8.12. The Kier molecular flexibility index (Phi) is 6.23. The summed E-state index contributed by atoms with van der Waals surface area (Å²) in [5.41, 5.74) is -0.486. The van der Waals surface area contributed by atoms with Gasteiger partial charge >= 0.3 is 0 Å². The third kappa shape index (κ3) is 3.91. The molecule has 0 aromatic heterocycles. The Bertz CT molecular complexity index is 1010. The van der Waals surface area contributed by atoms with Crippen LogP contribution in [0.25, 0.3) is 0 Å². The van der Waals surface area contributed by atoms with Crippen molar-refractivity contribution in [3.8, 4) is 0 Å². The Balaban J connectivity index is 1.84. The van der Waals surface area contributed by atoms with Crippen molar-refractivity contribution in [3.05, 3.63) is 71.8 Å². The highest BCUT2D eigenvalue weighted by atomic mass is 16.3. The van der Waals surface area contributed by atoms with Crippen LogP contribution in [0.15, 0.2) is 66.3 Å². The number of carbonyl (C=O) groups excluding carboxylic acids is 2. The fraction of sp³-hybridized carbons (Fsp3) is 0.500. The maximum absolute atomic E-state index is 13.8. The van der Waals surface area contributed by atoms with Gasteiger partial charge in [-0.1, -0.05) is 74.1 Å². The van der Waals surface area contributed by atoms with Crippen LogP contribution in [0.4, 0.5) is 0 Å². The molecular formula is C28H35NO4. The Morgan fingerprint density at radius 1 is 1.12 bits per heavy atom. The van der Waals surface area contributed by atoms with Crippen LogP contribution < -0.4 is 5.32 Å². The third-order valence-electron chi connectivity index (χ3n) is 8.12. The molecule has 3 N–H and O–H groups in total. The number of hydrogen-bond acceptors (Lipinski definition) is 4. The molecule has 0 saturated carbocycles. The second kappa shape index (κ2) is 8.69. The summed E-state index contributed by atoms with van der Waals surface area (Å²) in [5.74, 6) is -1.23. The zero-order chi connectivity index (χ0) is 24.0. The van der Waals surface area contributed by atoms with Gasteiger partial charge in [0.1, 0.15) is 5.60 Å². The molecule has 1 spiro atoms. The number of benzene rings is 1. The predicted molar refractivity (Wildman–Crippen MR) is 128 cm³/mol. The Hall–Kier alpha value is -2.50. The van der Waals surface area contributed by atoms with E-state index < -0.39 is 17.1 Å². The molecule has 0 radical (unpaired) electrons. The molecule has 1 saturated heterocycles. The SMILES string of the molecule is CC1=C[C@@H]2/C=C/C[C@H](C)C(=O)[C@](C)(O)/C=C/[C@@H](O)[C@]23C(=O)N[C@@H](Cc2ccccc2)[C@@H]3[C@H]1C. The minimum absolute atomic E-state index is 0.0801. The van der Waals surface area contributed by atoms with E-state index in [0.717, 1.165) is 5.56 Å². The second-order valence-electron chi connectivity index (χ2n) is 10.3. The first-order chi connectivity index (χ1) is 15.6. The molecule has 176 valence electrons. The Morgan fingerprint density at radius 2 is 1.82 bits per heavy atom. The van der Waals surface area contributed by atoms with Crippen LogP contribution in [0, 0.1) is 29.1 Å². The summed E-state index contributed by atoms with van der Waals surface area (Å²) in [7, 11) is 0. The fourth-order valence-electron chi connectivity index (χ4n) is 6.20. The number of aliphatic hydroxyl groups is 2. The lowest BCUT2D eigenvalue weighted by Crippen LogP contribution is -2.54. The summed E-state index contributed by atoms with van der Waals surface area (Å²) in [4.78, 5) is 26.5. The lowest BCUT2D eigenvalue weighted by atomic mass is 9.54. The molecule has 1 aliphatic heterocycles. The molecule has 1 heterocycles. The van der Waals surface area contributed by atoms with Crippen molar-refractivity contribution in [2.24, 2.45) is 29.1 Å². The van der Waals surface area contributed by atoms with Gasteiger partial charge in [0.25, 0.3) is 0 Å². The van der Waals surface area contributed by atoms with Gasteiger partial charge in [-0.3, -0.25) is 9.59 Å². The molecule has 1 aromatic rings. The fourth-order valence-corrected chi connectivity index (χ4v) is 6.20. The number of aliphatic hydroxyl groups excluding tert-OH is 1. The number of allylic oxidation sites excluding steroid dienone is 4. The molecule has 0 bridgehead atoms. The van der Waals surface area contributed by atoms with Gasteiger partial charge in [0.05, 0.1) is 11.5 Å². The van der Waals surface area contributed by atoms with Crippen LogP contribution in [0.2, 0.25) is 0 Å². The first-order valence-corrected chi connectivity index (χ1v) is 11.9. The normalized spacial score (nSPS) is 42.9. The summed E-state index contributed by atoms with van der Waals surface area (Å²) in [5, 5.41) is 25.6. The smallest absolute Gasteiger partial charge is 0.230 e. The van der Waals surface area contributed by atoms with E-state index in [-0.39, 0.29) is 41.4 Å². The van der Waals surface area contributed by atoms with Gasteiger partial charge in [-0.15, -0.1) is 0 Å². The average Bonchev–Trinajstić information content (AvgIpc) is 3.07. The van der Waals surface area contributed by atoms with Crippen molar-refractivity contribution >= 4 is 11.7 Å². The van der Waals surface area contributed by atoms with Crippen molar-refractivity contribution in [1.82, 2.24) is 5.32 Å². The number of carbonyl (C=O) groups is 2. The van der Waals surface area contributed by atoms with Gasteiger partial charge < -0.3 is 15.5 Å². The molecule has 2 aliphatic carbocycles. The molecule has 5 nitrogen and oxygen atoms in total. The van der Waals surface area contributed by atoms with Gasteiger partial charge in [0.15, 0.2) is 5.78 Å². The van der Waals surface area contributed by atoms with Crippen LogP contribution in [-0.4, -0.2) is 39.7 Å². The maximum Gasteiger partial charge on any atom is 0.230 e. The molecule has 0 unspecified atom stereocenters. The zero-order valence-electron chi connectivity index (χ0n) is 19.9. The summed E-state index contributed by atoms with van der Waals surface area (Å²) < 4.78 is 0. The van der Waals surface area contributed by atoms with E-state index in [1.165, 1.54) is 24.6 Å². The van der Waals surface area contributed by atoms with E-state index in [2.05, 4.69) is 37.4 Å². The minimum atomic E-state index is -1.70. The first-order valence-electron chi connectivity index (χ1n) is 11.9. The minimum Gasteiger partial charge on any atom is -0.388 e. The molecule has 1 fully saturated rings. The van der Waals surface area contributed by atoms with E-state index >= 15 is 0 Å². The number of amides is 1. The van der Waals surface area contributed by atoms with Crippen LogP contribution in [-0.2, 0) is 16.0 Å². The number of Topliss-reactive ketones (excluding diaryl/α,β-unsaturated/α-hetero) is 1. The molecule has 4 rings (SSSR count). The summed E-state index contributed by atoms with van der Waals surface area (Å²) in [6, 6.07) is 9.94. The van der Waals surface area contributed by atoms with Crippen molar-refractivity contribution in [3.63, 3.8) is 0 Å². The van der Waals surface area contributed by atoms with E-state index in [9.17, 15) is 19.8 Å². The summed E-state index contributed by atoms with van der Waals surface area (Å²) in [6.07, 6.45) is 8.84. The van der Waals surface area contributed by atoms with Crippen molar-refractivity contribution in [2.75, 3.05) is 0 Å². The van der Waals surface area contributed by atoms with E-state index in [1.807, 2.05) is 30.4 Å². The first kappa shape index (κ1) is 23.7. The average molecular weight is 450 g/mol. The zero-order valence-corrected chi connectivity index (χ0v) is 19.9. The molecule has 3 aliphatic rings. The highest BCUT2D eigenvalue weighted by Gasteiger charge is 2.64. The van der Waals surface area contributed by atoms with Gasteiger partial charge in [0, 0.05) is 23.8 Å². The van der Waals surface area contributed by atoms with Crippen LogP contribution in [0.5, 0.6) is 0 Å². The van der Waals surface area contributed by atoms with Crippen LogP contribution in [0.1, 0.15) is 39.7 Å². The molecule has 1 amide bonds. The summed E-state index contributed by atoms with van der Waals surface area (Å²) in [6.45, 7) is 7.46. The molecule has 1 aromatic carbocycles. The monoisotopic (exact) mass is 449 g/mol. The largest absolute Gasteiger partial charge is 0.388 e. The lowest BCUT2D eigenvalue weighted by molar-refractivity contribution is -0.138. The predicted octanol–water partition coefficient (Wildman–Crippen LogP) is 3.38. The van der Waals surface area contributed by atoms with Gasteiger partial charge in [0.2, 0.25) is 5.91 Å². The molecule has 33 heavy (non-hydrogen) atoms. The number of hydrogen-bond donors (Lipinski definition) is 3. The van der Waals surface area contributed by atoms with Gasteiger partial charge in [-0.2, -0.15) is 0 Å². The van der Waals surface area contributed by atoms with E-state index in [4.69, 9.17) is 0 Å². The quantitative estimate of drug-likeness (QED) is 0.604. The standard InChI is InChI=1S/C28H35NO4/c1-17-9-8-12-21-15-18(2)19(3)24-22(16-20-10-6-5-7-11-20)29-26(32)28(21,24)23(30)13-14-27(4,33)25(17)31/h5-8,10-15,17,19,21-24,30,33H,9,16H2,1-4H3,(H,29,32)/b12-8+,14-13+/t17-,19-,21-,22-,23+,24-,27+,28+/m0/s1. The molecule has 8 atom stereocenters. The Labute approximate surface area is 196 Å². The van der Waals surface area contributed by atoms with Gasteiger partial charge in [-0.25, -0.2) is 0 Å².